The van der Waals surface area contributed by atoms with Crippen LogP contribution in [0.3, 0.4) is 0 Å². The summed E-state index contributed by atoms with van der Waals surface area (Å²) in [7, 11) is 3.50. The van der Waals surface area contributed by atoms with Gasteiger partial charge in [-0.25, -0.2) is 0 Å². The van der Waals surface area contributed by atoms with Crippen LogP contribution in [0.4, 0.5) is 0 Å². The highest BCUT2D eigenvalue weighted by Gasteiger charge is 2.33. The van der Waals surface area contributed by atoms with Gasteiger partial charge >= 0.3 is 0 Å². The number of rotatable bonds is 9. The largest absolute Gasteiger partial charge is 0.496 e. The van der Waals surface area contributed by atoms with Crippen molar-refractivity contribution in [1.82, 2.24) is 0 Å². The third-order valence-corrected chi connectivity index (χ3v) is 6.72. The van der Waals surface area contributed by atoms with Gasteiger partial charge in [-0.2, -0.15) is 0 Å². The first kappa shape index (κ1) is 24.3. The maximum atomic E-state index is 6.28. The van der Waals surface area contributed by atoms with Gasteiger partial charge in [0.1, 0.15) is 18.1 Å². The Hall–Kier alpha value is -2.78. The van der Waals surface area contributed by atoms with Crippen LogP contribution in [0.25, 0.3) is 11.1 Å². The van der Waals surface area contributed by atoms with Crippen LogP contribution in [0.2, 0.25) is 0 Å². The molecule has 1 radical (unpaired) electrons. The Morgan fingerprint density at radius 3 is 2.29 bits per heavy atom. The second-order valence-electron chi connectivity index (χ2n) is 10.4. The van der Waals surface area contributed by atoms with Gasteiger partial charge in [-0.3, -0.25) is 0 Å². The number of hydrogen-bond donors (Lipinski definition) is 0. The van der Waals surface area contributed by atoms with E-state index in [1.54, 1.807) is 14.2 Å². The van der Waals surface area contributed by atoms with E-state index in [4.69, 9.17) is 14.2 Å². The molecule has 34 heavy (non-hydrogen) atoms. The van der Waals surface area contributed by atoms with Crippen LogP contribution in [-0.2, 0) is 11.3 Å². The predicted octanol–water partition coefficient (Wildman–Crippen LogP) is 8.00. The Balaban J connectivity index is 1.70. The fourth-order valence-corrected chi connectivity index (χ4v) is 4.80. The Morgan fingerprint density at radius 2 is 1.68 bits per heavy atom. The molecule has 0 N–H and O–H groups in total. The summed E-state index contributed by atoms with van der Waals surface area (Å²) < 4.78 is 18.4. The molecule has 1 saturated carbocycles. The summed E-state index contributed by atoms with van der Waals surface area (Å²) in [4.78, 5) is 0. The first-order chi connectivity index (χ1) is 16.3. The number of ether oxygens (including phenoxy) is 3. The molecule has 0 unspecified atom stereocenters. The molecule has 0 aliphatic heterocycles. The highest BCUT2D eigenvalue weighted by molar-refractivity contribution is 5.72. The third kappa shape index (κ3) is 5.31. The molecule has 0 saturated heterocycles. The molecule has 1 aliphatic carbocycles. The Bertz CT molecular complexity index is 1090. The lowest BCUT2D eigenvalue weighted by atomic mass is 9.80. The molecule has 1 aliphatic rings. The van der Waals surface area contributed by atoms with E-state index in [1.165, 1.54) is 18.4 Å². The highest BCUT2D eigenvalue weighted by Crippen LogP contribution is 2.46. The van der Waals surface area contributed by atoms with Crippen molar-refractivity contribution in [2.75, 3.05) is 14.2 Å². The summed E-state index contributed by atoms with van der Waals surface area (Å²) in [6, 6.07) is 23.1. The first-order valence-electron chi connectivity index (χ1n) is 12.2. The van der Waals surface area contributed by atoms with Crippen LogP contribution in [0, 0.1) is 18.3 Å². The zero-order chi connectivity index (χ0) is 24.3. The highest BCUT2D eigenvalue weighted by atomic mass is 16.5. The lowest BCUT2D eigenvalue weighted by Gasteiger charge is -2.33. The van der Waals surface area contributed by atoms with Gasteiger partial charge in [0.25, 0.3) is 0 Å². The minimum atomic E-state index is -0.147. The van der Waals surface area contributed by atoms with E-state index < -0.39 is 0 Å². The van der Waals surface area contributed by atoms with Crippen molar-refractivity contribution in [2.24, 2.45) is 11.3 Å². The Kier molecular flexibility index (Phi) is 7.33. The van der Waals surface area contributed by atoms with Gasteiger partial charge < -0.3 is 14.2 Å². The molecule has 3 aromatic carbocycles. The average molecular weight is 458 g/mol. The first-order valence-corrected chi connectivity index (χ1v) is 12.2. The number of methoxy groups -OCH3 is 2. The second kappa shape index (κ2) is 10.2. The van der Waals surface area contributed by atoms with Crippen LogP contribution in [0.5, 0.6) is 11.5 Å². The zero-order valence-electron chi connectivity index (χ0n) is 21.1. The number of hydrogen-bond acceptors (Lipinski definition) is 3. The second-order valence-corrected chi connectivity index (χ2v) is 10.4. The Labute approximate surface area is 205 Å². The third-order valence-electron chi connectivity index (χ3n) is 6.72. The van der Waals surface area contributed by atoms with Crippen LogP contribution in [0.15, 0.2) is 66.7 Å². The molecule has 1 fully saturated rings. The topological polar surface area (TPSA) is 27.7 Å². The van der Waals surface area contributed by atoms with Crippen molar-refractivity contribution in [2.45, 2.75) is 52.2 Å². The minimum Gasteiger partial charge on any atom is -0.496 e. The van der Waals surface area contributed by atoms with Crippen LogP contribution in [-0.4, -0.2) is 14.2 Å². The van der Waals surface area contributed by atoms with Crippen LogP contribution in [0.1, 0.15) is 62.3 Å². The molecule has 0 amide bonds. The van der Waals surface area contributed by atoms with E-state index in [1.807, 2.05) is 12.1 Å². The van der Waals surface area contributed by atoms with Crippen molar-refractivity contribution in [3.05, 3.63) is 90.3 Å². The van der Waals surface area contributed by atoms with E-state index in [0.717, 1.165) is 33.8 Å². The lowest BCUT2D eigenvalue weighted by Crippen LogP contribution is -2.22. The van der Waals surface area contributed by atoms with Crippen molar-refractivity contribution >= 4 is 0 Å². The maximum Gasteiger partial charge on any atom is 0.131 e. The molecular formula is C31H37O3. The molecule has 2 atom stereocenters. The molecule has 3 heteroatoms. The zero-order valence-corrected chi connectivity index (χ0v) is 21.1. The van der Waals surface area contributed by atoms with Gasteiger partial charge in [0.2, 0.25) is 0 Å². The molecule has 3 aromatic rings. The molecular weight excluding hydrogens is 420 g/mol. The SMILES string of the molecule is [CH2][C@H](c1cccc(OCc2ccc(-c3ccccc3)c([C@@H](OC)C(C)(C)C)c2OC)c1)C1CC1. The molecule has 0 spiro atoms. The molecule has 0 bridgehead atoms. The van der Waals surface area contributed by atoms with Crippen molar-refractivity contribution in [3.8, 4) is 22.6 Å². The molecule has 0 aromatic heterocycles. The van der Waals surface area contributed by atoms with Crippen LogP contribution < -0.4 is 9.47 Å². The van der Waals surface area contributed by atoms with E-state index >= 15 is 0 Å². The standard InChI is InChI=1S/C31H37O3/c1-21(22-15-16-22)24-13-10-14-26(19-24)34-20-25-17-18-27(23-11-8-7-9-12-23)28(29(25)32-5)30(33-6)31(2,3)4/h7-14,17-19,21-22,30H,1,15-16,20H2,2-6H3/t21-,30+/m0/s1. The summed E-state index contributed by atoms with van der Waals surface area (Å²) >= 11 is 0. The van der Waals surface area contributed by atoms with Crippen LogP contribution >= 0.6 is 0 Å². The van der Waals surface area contributed by atoms with Gasteiger partial charge in [0.05, 0.1) is 13.2 Å². The van der Waals surface area contributed by atoms with Gasteiger partial charge in [0.15, 0.2) is 0 Å². The monoisotopic (exact) mass is 457 g/mol. The fourth-order valence-electron chi connectivity index (χ4n) is 4.80. The fraction of sp³-hybridized carbons (Fsp3) is 0.387. The molecule has 3 nitrogen and oxygen atoms in total. The van der Waals surface area contributed by atoms with Gasteiger partial charge in [0, 0.05) is 18.2 Å². The van der Waals surface area contributed by atoms with E-state index in [9.17, 15) is 0 Å². The smallest absolute Gasteiger partial charge is 0.131 e. The summed E-state index contributed by atoms with van der Waals surface area (Å²) in [6.45, 7) is 11.4. The molecule has 4 rings (SSSR count). The van der Waals surface area contributed by atoms with Crippen molar-refractivity contribution in [3.63, 3.8) is 0 Å². The summed E-state index contributed by atoms with van der Waals surface area (Å²) in [5.41, 5.74) is 5.45. The van der Waals surface area contributed by atoms with E-state index in [-0.39, 0.29) is 11.5 Å². The summed E-state index contributed by atoms with van der Waals surface area (Å²) in [6.07, 6.45) is 2.41. The molecule has 179 valence electrons. The van der Waals surface area contributed by atoms with Crippen molar-refractivity contribution in [1.29, 1.82) is 0 Å². The maximum absolute atomic E-state index is 6.28. The normalized spacial score (nSPS) is 15.6. The quantitative estimate of drug-likeness (QED) is 0.326. The minimum absolute atomic E-state index is 0.120. The lowest BCUT2D eigenvalue weighted by molar-refractivity contribution is 0.0138. The predicted molar refractivity (Wildman–Crippen MR) is 139 cm³/mol. The van der Waals surface area contributed by atoms with Gasteiger partial charge in [-0.1, -0.05) is 75.4 Å². The Morgan fingerprint density at radius 1 is 0.941 bits per heavy atom. The van der Waals surface area contributed by atoms with Crippen molar-refractivity contribution < 1.29 is 14.2 Å². The van der Waals surface area contributed by atoms with Gasteiger partial charge in [-0.15, -0.1) is 0 Å². The van der Waals surface area contributed by atoms with Gasteiger partial charge in [-0.05, 0) is 65.8 Å². The number of benzene rings is 3. The van der Waals surface area contributed by atoms with E-state index in [2.05, 4.69) is 82.3 Å². The van der Waals surface area contributed by atoms with E-state index in [0.29, 0.717) is 18.4 Å². The summed E-state index contributed by atoms with van der Waals surface area (Å²) in [5, 5.41) is 0. The summed E-state index contributed by atoms with van der Waals surface area (Å²) in [5.74, 6) is 2.74. The average Bonchev–Trinajstić information content (AvgIpc) is 3.68. The molecule has 0 heterocycles.